The number of ether oxygens (including phenoxy) is 1. The molecule has 0 fully saturated rings. The molecule has 0 amide bonds. The van der Waals surface area contributed by atoms with Crippen molar-refractivity contribution in [1.29, 1.82) is 0 Å². The van der Waals surface area contributed by atoms with Crippen LogP contribution < -0.4 is 5.90 Å². The zero-order valence-corrected chi connectivity index (χ0v) is 6.99. The van der Waals surface area contributed by atoms with Gasteiger partial charge in [0.15, 0.2) is 11.9 Å². The van der Waals surface area contributed by atoms with Crippen LogP contribution in [-0.2, 0) is 9.53 Å². The first-order chi connectivity index (χ1) is 6.57. The molecule has 82 valence electrons. The van der Waals surface area contributed by atoms with Gasteiger partial charge < -0.3 is 30.4 Å². The topological polar surface area (TPSA) is 153 Å². The van der Waals surface area contributed by atoms with E-state index in [1.165, 1.54) is 0 Å². The van der Waals surface area contributed by atoms with Crippen molar-refractivity contribution in [3.63, 3.8) is 0 Å². The van der Waals surface area contributed by atoms with E-state index in [0.29, 0.717) is 0 Å². The van der Waals surface area contributed by atoms with Gasteiger partial charge in [-0.25, -0.2) is 10.7 Å². The molecule has 1 aliphatic heterocycles. The predicted molar refractivity (Wildman–Crippen MR) is 41.2 cm³/mol. The second-order valence-corrected chi connectivity index (χ2v) is 2.31. The van der Waals surface area contributed by atoms with Crippen molar-refractivity contribution in [3.8, 4) is 0 Å². The summed E-state index contributed by atoms with van der Waals surface area (Å²) < 4.78 is 4.32. The van der Waals surface area contributed by atoms with Crippen molar-refractivity contribution in [1.82, 2.24) is 0 Å². The zero-order chi connectivity index (χ0) is 11.3. The van der Waals surface area contributed by atoms with E-state index in [0.717, 1.165) is 0 Å². The van der Waals surface area contributed by atoms with Crippen molar-refractivity contribution < 1.29 is 35.2 Å². The van der Waals surface area contributed by atoms with E-state index >= 15 is 0 Å². The van der Waals surface area contributed by atoms with E-state index < -0.39 is 36.3 Å². The smallest absolute Gasteiger partial charge is 0.377 e. The van der Waals surface area contributed by atoms with Gasteiger partial charge in [-0.15, -0.1) is 0 Å². The fourth-order valence-electron chi connectivity index (χ4n) is 0.823. The summed E-state index contributed by atoms with van der Waals surface area (Å²) in [5, 5.41) is 41.5. The van der Waals surface area contributed by atoms with Gasteiger partial charge in [-0.05, 0) is 0 Å². The van der Waals surface area contributed by atoms with E-state index in [-0.39, 0.29) is 0 Å². The third-order valence-corrected chi connectivity index (χ3v) is 1.48. The lowest BCUT2D eigenvalue weighted by molar-refractivity contribution is -0.147. The Hall–Kier alpha value is -1.35. The third kappa shape index (κ3) is 2.33. The molecule has 14 heavy (non-hydrogen) atoms. The average Bonchev–Trinajstić information content (AvgIpc) is 2.48. The molecule has 0 aliphatic carbocycles. The van der Waals surface area contributed by atoms with Crippen LogP contribution in [0.5, 0.6) is 0 Å². The predicted octanol–water partition coefficient (Wildman–Crippen LogP) is -2.07. The summed E-state index contributed by atoms with van der Waals surface area (Å²) in [4.78, 5) is 10.5. The summed E-state index contributed by atoms with van der Waals surface area (Å²) in [6, 6.07) is 0. The quantitative estimate of drug-likeness (QED) is 0.224. The molecule has 0 aromatic carbocycles. The van der Waals surface area contributed by atoms with Crippen molar-refractivity contribution in [2.45, 2.75) is 12.2 Å². The summed E-state index contributed by atoms with van der Waals surface area (Å²) in [5.41, 5.74) is 0. The van der Waals surface area contributed by atoms with Crippen LogP contribution in [0, 0.1) is 0 Å². The van der Waals surface area contributed by atoms with Crippen LogP contribution in [0.15, 0.2) is 11.5 Å². The highest BCUT2D eigenvalue weighted by atomic mass is 16.6. The highest BCUT2D eigenvalue weighted by Gasteiger charge is 2.38. The van der Waals surface area contributed by atoms with E-state index in [1.54, 1.807) is 0 Å². The number of nitrogens with two attached hydrogens (primary N) is 1. The van der Waals surface area contributed by atoms with Gasteiger partial charge in [0.2, 0.25) is 5.76 Å². The Kier molecular flexibility index (Phi) is 4.87. The maximum atomic E-state index is 10.5. The second kappa shape index (κ2) is 5.40. The van der Waals surface area contributed by atoms with Crippen LogP contribution in [-0.4, -0.2) is 50.4 Å². The van der Waals surface area contributed by atoms with Crippen LogP contribution in [0.2, 0.25) is 0 Å². The molecule has 8 heteroatoms. The summed E-state index contributed by atoms with van der Waals surface area (Å²) >= 11 is 0. The molecule has 0 radical (unpaired) electrons. The number of hydrogen-bond donors (Lipinski definition) is 6. The van der Waals surface area contributed by atoms with Crippen LogP contribution in [0.4, 0.5) is 0 Å². The molecule has 0 spiro atoms. The van der Waals surface area contributed by atoms with E-state index in [4.69, 9.17) is 25.6 Å². The molecule has 1 rings (SSSR count). The number of carbonyl (C=O) groups excluding carboxylic acids is 1. The molecule has 2 atom stereocenters. The maximum absolute atomic E-state index is 10.5. The van der Waals surface area contributed by atoms with Crippen LogP contribution in [0.3, 0.4) is 0 Å². The Labute approximate surface area is 78.4 Å². The lowest BCUT2D eigenvalue weighted by atomic mass is 10.2. The molecule has 7 N–H and O–H groups in total. The number of carbonyl (C=O) groups is 1. The minimum absolute atomic E-state index is 0.671. The standard InChI is InChI=1S/C6H8O6.H3NO/c7-1-2(8)5-3(9)4(10)6(11)12-5;1-2/h2,5,7-10H,1H2;2H,1H2/t2-,5+;/m0./s1. The van der Waals surface area contributed by atoms with Crippen molar-refractivity contribution in [2.75, 3.05) is 6.61 Å². The summed E-state index contributed by atoms with van der Waals surface area (Å²) in [5.74, 6) is 0.721. The molecule has 1 heterocycles. The number of aliphatic hydroxyl groups excluding tert-OH is 4. The molecule has 0 saturated carbocycles. The number of esters is 1. The van der Waals surface area contributed by atoms with Crippen molar-refractivity contribution >= 4 is 5.97 Å². The Morgan fingerprint density at radius 2 is 1.93 bits per heavy atom. The Balaban J connectivity index is 0.000000791. The number of hydrogen-bond acceptors (Lipinski definition) is 8. The van der Waals surface area contributed by atoms with Crippen molar-refractivity contribution in [3.05, 3.63) is 11.5 Å². The van der Waals surface area contributed by atoms with Crippen LogP contribution in [0.1, 0.15) is 0 Å². The van der Waals surface area contributed by atoms with Gasteiger partial charge in [0.25, 0.3) is 0 Å². The fraction of sp³-hybridized carbons (Fsp3) is 0.500. The van der Waals surface area contributed by atoms with E-state index in [9.17, 15) is 4.79 Å². The highest BCUT2D eigenvalue weighted by molar-refractivity contribution is 5.89. The molecule has 0 unspecified atom stereocenters. The van der Waals surface area contributed by atoms with Gasteiger partial charge in [0.05, 0.1) is 6.61 Å². The highest BCUT2D eigenvalue weighted by Crippen LogP contribution is 2.20. The minimum Gasteiger partial charge on any atom is -0.505 e. The molecule has 0 aromatic rings. The van der Waals surface area contributed by atoms with Gasteiger partial charge >= 0.3 is 5.97 Å². The van der Waals surface area contributed by atoms with Gasteiger partial charge in [-0.2, -0.15) is 0 Å². The Morgan fingerprint density at radius 1 is 1.43 bits per heavy atom. The summed E-state index contributed by atoms with van der Waals surface area (Å²) in [7, 11) is 0. The number of cyclic esters (lactones) is 1. The first-order valence-corrected chi connectivity index (χ1v) is 3.45. The monoisotopic (exact) mass is 209 g/mol. The molecule has 0 saturated heterocycles. The van der Waals surface area contributed by atoms with Crippen molar-refractivity contribution in [2.24, 2.45) is 5.90 Å². The molecule has 1 aliphatic rings. The Morgan fingerprint density at radius 3 is 2.21 bits per heavy atom. The normalized spacial score (nSPS) is 22.6. The largest absolute Gasteiger partial charge is 0.505 e. The second-order valence-electron chi connectivity index (χ2n) is 2.31. The van der Waals surface area contributed by atoms with E-state index in [1.807, 2.05) is 0 Å². The number of rotatable bonds is 2. The lowest BCUT2D eigenvalue weighted by Crippen LogP contribution is -2.31. The van der Waals surface area contributed by atoms with Gasteiger partial charge in [0, 0.05) is 0 Å². The molecule has 0 aromatic heterocycles. The first kappa shape index (κ1) is 12.7. The maximum Gasteiger partial charge on any atom is 0.377 e. The van der Waals surface area contributed by atoms with Crippen LogP contribution in [0.25, 0.3) is 0 Å². The zero-order valence-electron chi connectivity index (χ0n) is 6.99. The van der Waals surface area contributed by atoms with E-state index in [2.05, 4.69) is 10.6 Å². The number of aliphatic hydroxyl groups is 4. The minimum atomic E-state index is -1.42. The SMILES string of the molecule is NO.O=C1O[C@H]([C@@H](O)CO)C(O)=C1O. The summed E-state index contributed by atoms with van der Waals surface area (Å²) in [6.07, 6.45) is -2.78. The third-order valence-electron chi connectivity index (χ3n) is 1.48. The first-order valence-electron chi connectivity index (χ1n) is 3.45. The molecular formula is C6H11NO7. The van der Waals surface area contributed by atoms with Gasteiger partial charge in [-0.3, -0.25) is 0 Å². The lowest BCUT2D eigenvalue weighted by Gasteiger charge is -2.13. The molecule has 8 nitrogen and oxygen atoms in total. The summed E-state index contributed by atoms with van der Waals surface area (Å²) in [6.45, 7) is -0.671. The molecule has 0 bridgehead atoms. The fourth-order valence-corrected chi connectivity index (χ4v) is 0.823. The van der Waals surface area contributed by atoms with Gasteiger partial charge in [-0.1, -0.05) is 0 Å². The average molecular weight is 209 g/mol. The molecular weight excluding hydrogens is 198 g/mol. The van der Waals surface area contributed by atoms with Crippen LogP contribution >= 0.6 is 0 Å². The van der Waals surface area contributed by atoms with Gasteiger partial charge in [0.1, 0.15) is 6.10 Å². The Bertz CT molecular complexity index is 238.